The van der Waals surface area contributed by atoms with E-state index < -0.39 is 15.9 Å². The van der Waals surface area contributed by atoms with Gasteiger partial charge >= 0.3 is 0 Å². The van der Waals surface area contributed by atoms with E-state index in [-0.39, 0.29) is 10.7 Å². The molecule has 0 unspecified atom stereocenters. The fourth-order valence-corrected chi connectivity index (χ4v) is 2.46. The molecule has 1 amide bonds. The van der Waals surface area contributed by atoms with Crippen molar-refractivity contribution in [2.24, 2.45) is 5.14 Å². The predicted molar refractivity (Wildman–Crippen MR) is 70.0 cm³/mol. The number of hydrogen-bond acceptors (Lipinski definition) is 5. The van der Waals surface area contributed by atoms with Gasteiger partial charge in [0.1, 0.15) is 0 Å². The molecule has 19 heavy (non-hydrogen) atoms. The summed E-state index contributed by atoms with van der Waals surface area (Å²) >= 11 is 3.15. The van der Waals surface area contributed by atoms with Gasteiger partial charge in [-0.2, -0.15) is 0 Å². The average Bonchev–Trinajstić information content (AvgIpc) is 2.84. The Morgan fingerprint density at radius 1 is 1.37 bits per heavy atom. The quantitative estimate of drug-likeness (QED) is 0.870. The molecule has 2 rings (SSSR count). The highest BCUT2D eigenvalue weighted by Gasteiger charge is 2.14. The first kappa shape index (κ1) is 13.7. The second-order valence-electron chi connectivity index (χ2n) is 3.52. The van der Waals surface area contributed by atoms with Crippen LogP contribution in [-0.4, -0.2) is 19.5 Å². The third-order valence-corrected chi connectivity index (χ3v) is 3.75. The maximum absolute atomic E-state index is 11.7. The monoisotopic (exact) mass is 345 g/mol. The van der Waals surface area contributed by atoms with Crippen LogP contribution in [0.2, 0.25) is 0 Å². The number of halogens is 1. The van der Waals surface area contributed by atoms with Gasteiger partial charge < -0.3 is 9.84 Å². The smallest absolute Gasteiger partial charge is 0.294 e. The number of carbonyl (C=O) groups is 1. The summed E-state index contributed by atoms with van der Waals surface area (Å²) in [5.41, 5.74) is 0.383. The van der Waals surface area contributed by atoms with Gasteiger partial charge in [-0.1, -0.05) is 5.16 Å². The maximum atomic E-state index is 11.7. The first-order valence-corrected chi connectivity index (χ1v) is 7.26. The third-order valence-electron chi connectivity index (χ3n) is 2.18. The first-order chi connectivity index (χ1) is 8.88. The van der Waals surface area contributed by atoms with Crippen LogP contribution in [0.4, 0.5) is 5.69 Å². The minimum atomic E-state index is -3.78. The van der Waals surface area contributed by atoms with Crippen LogP contribution in [-0.2, 0) is 10.0 Å². The fourth-order valence-electron chi connectivity index (χ4n) is 1.29. The number of primary sulfonamides is 1. The van der Waals surface area contributed by atoms with E-state index >= 15 is 0 Å². The van der Waals surface area contributed by atoms with Gasteiger partial charge in [-0.25, -0.2) is 13.6 Å². The summed E-state index contributed by atoms with van der Waals surface area (Å²) in [7, 11) is -3.78. The summed E-state index contributed by atoms with van der Waals surface area (Å²) in [6.07, 6.45) is 1.34. The van der Waals surface area contributed by atoms with Gasteiger partial charge in [-0.05, 0) is 34.1 Å². The summed E-state index contributed by atoms with van der Waals surface area (Å²) < 4.78 is 27.4. The van der Waals surface area contributed by atoms with Gasteiger partial charge in [0.05, 0.1) is 16.8 Å². The van der Waals surface area contributed by atoms with Crippen molar-refractivity contribution < 1.29 is 17.7 Å². The molecule has 3 N–H and O–H groups in total. The molecule has 0 atom stereocenters. The molecule has 2 aromatic rings. The number of amides is 1. The molecule has 0 saturated heterocycles. The molecule has 0 aliphatic heterocycles. The second-order valence-corrected chi connectivity index (χ2v) is 5.93. The number of sulfonamides is 1. The normalized spacial score (nSPS) is 11.3. The first-order valence-electron chi connectivity index (χ1n) is 4.92. The third kappa shape index (κ3) is 3.19. The standard InChI is InChI=1S/C10H8BrN3O4S/c11-7-5-6(19(12,16)17)1-2-8(7)14-10(15)9-3-4-13-18-9/h1-5H,(H,14,15)(H2,12,16,17). The lowest BCUT2D eigenvalue weighted by Crippen LogP contribution is -2.14. The summed E-state index contributed by atoms with van der Waals surface area (Å²) in [6, 6.07) is 5.40. The van der Waals surface area contributed by atoms with Gasteiger partial charge in [0, 0.05) is 10.5 Å². The number of carbonyl (C=O) groups excluding carboxylic acids is 1. The van der Waals surface area contributed by atoms with Gasteiger partial charge in [0.15, 0.2) is 0 Å². The van der Waals surface area contributed by atoms with Crippen LogP contribution >= 0.6 is 15.9 Å². The number of hydrogen-bond donors (Lipinski definition) is 2. The molecule has 1 aromatic carbocycles. The zero-order valence-corrected chi connectivity index (χ0v) is 11.7. The number of nitrogens with zero attached hydrogens (tertiary/aromatic N) is 1. The molecule has 0 bridgehead atoms. The highest BCUT2D eigenvalue weighted by molar-refractivity contribution is 9.10. The molecular formula is C10H8BrN3O4S. The van der Waals surface area contributed by atoms with Crippen molar-refractivity contribution in [1.29, 1.82) is 0 Å². The van der Waals surface area contributed by atoms with E-state index in [1.54, 1.807) is 0 Å². The number of benzene rings is 1. The Balaban J connectivity index is 2.25. The molecule has 1 aromatic heterocycles. The summed E-state index contributed by atoms with van der Waals surface area (Å²) in [6.45, 7) is 0. The Kier molecular flexibility index (Phi) is 3.69. The maximum Gasteiger partial charge on any atom is 0.294 e. The lowest BCUT2D eigenvalue weighted by Gasteiger charge is -2.07. The largest absolute Gasteiger partial charge is 0.351 e. The lowest BCUT2D eigenvalue weighted by molar-refractivity contribution is 0.0988. The van der Waals surface area contributed by atoms with E-state index in [1.807, 2.05) is 0 Å². The summed E-state index contributed by atoms with van der Waals surface area (Å²) in [5, 5.41) is 10.9. The van der Waals surface area contributed by atoms with E-state index in [1.165, 1.54) is 30.5 Å². The predicted octanol–water partition coefficient (Wildman–Crippen LogP) is 1.34. The zero-order valence-electron chi connectivity index (χ0n) is 9.33. The van der Waals surface area contributed by atoms with Gasteiger partial charge in [0.25, 0.3) is 5.91 Å². The topological polar surface area (TPSA) is 115 Å². The number of rotatable bonds is 3. The Morgan fingerprint density at radius 3 is 2.63 bits per heavy atom. The molecular weight excluding hydrogens is 338 g/mol. The van der Waals surface area contributed by atoms with Crippen LogP contribution in [0.5, 0.6) is 0 Å². The highest BCUT2D eigenvalue weighted by Crippen LogP contribution is 2.25. The van der Waals surface area contributed by atoms with Crippen molar-refractivity contribution in [3.63, 3.8) is 0 Å². The van der Waals surface area contributed by atoms with Crippen LogP contribution in [0.15, 0.2) is 44.4 Å². The minimum absolute atomic E-state index is 0.0439. The second kappa shape index (κ2) is 5.11. The average molecular weight is 346 g/mol. The Hall–Kier alpha value is -1.71. The van der Waals surface area contributed by atoms with E-state index in [0.29, 0.717) is 10.2 Å². The Morgan fingerprint density at radius 2 is 2.11 bits per heavy atom. The number of aromatic nitrogens is 1. The lowest BCUT2D eigenvalue weighted by atomic mass is 10.3. The molecule has 100 valence electrons. The molecule has 0 spiro atoms. The van der Waals surface area contributed by atoms with Crippen LogP contribution in [0.3, 0.4) is 0 Å². The minimum Gasteiger partial charge on any atom is -0.351 e. The van der Waals surface area contributed by atoms with E-state index in [9.17, 15) is 13.2 Å². The fraction of sp³-hybridized carbons (Fsp3) is 0. The van der Waals surface area contributed by atoms with Crippen LogP contribution in [0.25, 0.3) is 0 Å². The molecule has 0 aliphatic carbocycles. The molecule has 9 heteroatoms. The van der Waals surface area contributed by atoms with Crippen molar-refractivity contribution in [2.75, 3.05) is 5.32 Å². The summed E-state index contributed by atoms with van der Waals surface area (Å²) in [4.78, 5) is 11.6. The SMILES string of the molecule is NS(=O)(=O)c1ccc(NC(=O)c2ccno2)c(Br)c1. The van der Waals surface area contributed by atoms with Crippen molar-refractivity contribution in [3.8, 4) is 0 Å². The van der Waals surface area contributed by atoms with Crippen molar-refractivity contribution in [2.45, 2.75) is 4.90 Å². The van der Waals surface area contributed by atoms with Crippen molar-refractivity contribution >= 4 is 37.5 Å². The van der Waals surface area contributed by atoms with Gasteiger partial charge in [-0.15, -0.1) is 0 Å². The molecule has 0 radical (unpaired) electrons. The van der Waals surface area contributed by atoms with Crippen molar-refractivity contribution in [1.82, 2.24) is 5.16 Å². The van der Waals surface area contributed by atoms with Gasteiger partial charge in [0.2, 0.25) is 15.8 Å². The van der Waals surface area contributed by atoms with Crippen LogP contribution in [0.1, 0.15) is 10.6 Å². The molecule has 0 fully saturated rings. The molecule has 0 aliphatic rings. The Labute approximate surface area is 116 Å². The van der Waals surface area contributed by atoms with E-state index in [2.05, 4.69) is 26.4 Å². The number of nitrogens with two attached hydrogens (primary N) is 1. The summed E-state index contributed by atoms with van der Waals surface area (Å²) in [5.74, 6) is -0.455. The van der Waals surface area contributed by atoms with Crippen LogP contribution in [0, 0.1) is 0 Å². The molecule has 7 nitrogen and oxygen atoms in total. The van der Waals surface area contributed by atoms with Crippen LogP contribution < -0.4 is 10.5 Å². The zero-order chi connectivity index (χ0) is 14.0. The highest BCUT2D eigenvalue weighted by atomic mass is 79.9. The van der Waals surface area contributed by atoms with E-state index in [0.717, 1.165) is 0 Å². The van der Waals surface area contributed by atoms with Crippen molar-refractivity contribution in [3.05, 3.63) is 40.7 Å². The van der Waals surface area contributed by atoms with E-state index in [4.69, 9.17) is 9.66 Å². The molecule has 0 saturated carbocycles. The molecule has 1 heterocycles. The number of nitrogens with one attached hydrogen (secondary N) is 1. The Bertz CT molecular complexity index is 712. The van der Waals surface area contributed by atoms with Gasteiger partial charge in [-0.3, -0.25) is 4.79 Å². The number of anilines is 1.